The zero-order chi connectivity index (χ0) is 18.0. The topological polar surface area (TPSA) is 101 Å². The molecule has 0 aliphatic carbocycles. The van der Waals surface area contributed by atoms with E-state index in [-0.39, 0.29) is 29.0 Å². The van der Waals surface area contributed by atoms with Gasteiger partial charge in [0, 0.05) is 12.1 Å². The number of primary amides is 1. The van der Waals surface area contributed by atoms with E-state index in [4.69, 9.17) is 10.5 Å². The summed E-state index contributed by atoms with van der Waals surface area (Å²) >= 11 is 0. The average molecular weight is 346 g/mol. The van der Waals surface area contributed by atoms with E-state index in [9.17, 15) is 14.0 Å². The molecular weight excluding hydrogens is 327 g/mol. The number of H-pyrrole nitrogens is 1. The number of nitrogens with two attached hydrogens (primary N) is 1. The van der Waals surface area contributed by atoms with Gasteiger partial charge >= 0.3 is 0 Å². The smallest absolute Gasteiger partial charge is 0.269 e. The fourth-order valence-corrected chi connectivity index (χ4v) is 3.10. The molecule has 1 aliphatic rings. The highest BCUT2D eigenvalue weighted by atomic mass is 19.1. The normalized spacial score (nSPS) is 17.4. The zero-order valence-electron chi connectivity index (χ0n) is 13.8. The summed E-state index contributed by atoms with van der Waals surface area (Å²) < 4.78 is 18.8. The summed E-state index contributed by atoms with van der Waals surface area (Å²) in [5.41, 5.74) is 6.26. The number of halogens is 1. The predicted octanol–water partition coefficient (Wildman–Crippen LogP) is 2.02. The number of nitrogens with one attached hydrogen (secondary N) is 1. The lowest BCUT2D eigenvalue weighted by Crippen LogP contribution is -2.38. The number of hydrogen-bond acceptors (Lipinski definition) is 4. The predicted molar refractivity (Wildman–Crippen MR) is 87.7 cm³/mol. The number of likely N-dealkylation sites (tertiary alicyclic amines) is 1. The quantitative estimate of drug-likeness (QED) is 0.884. The Morgan fingerprint density at radius 3 is 2.80 bits per heavy atom. The van der Waals surface area contributed by atoms with Crippen LogP contribution >= 0.6 is 0 Å². The summed E-state index contributed by atoms with van der Waals surface area (Å²) in [5, 5.41) is 6.66. The summed E-state index contributed by atoms with van der Waals surface area (Å²) in [7, 11) is 1.37. The Bertz CT molecular complexity index is 805. The monoisotopic (exact) mass is 346 g/mol. The van der Waals surface area contributed by atoms with Gasteiger partial charge in [-0.3, -0.25) is 14.7 Å². The molecule has 25 heavy (non-hydrogen) atoms. The highest BCUT2D eigenvalue weighted by molar-refractivity contribution is 5.95. The Kier molecular flexibility index (Phi) is 4.69. The van der Waals surface area contributed by atoms with E-state index in [1.165, 1.54) is 25.3 Å². The van der Waals surface area contributed by atoms with Crippen LogP contribution in [-0.2, 0) is 0 Å². The third-order valence-electron chi connectivity index (χ3n) is 4.37. The maximum atomic E-state index is 13.9. The van der Waals surface area contributed by atoms with Crippen LogP contribution in [0.25, 0.3) is 0 Å². The van der Waals surface area contributed by atoms with Gasteiger partial charge in [-0.05, 0) is 43.5 Å². The molecule has 1 fully saturated rings. The molecular formula is C17H19FN4O3. The molecule has 1 aromatic heterocycles. The van der Waals surface area contributed by atoms with Gasteiger partial charge in [0.05, 0.1) is 18.8 Å². The van der Waals surface area contributed by atoms with Gasteiger partial charge < -0.3 is 15.4 Å². The molecule has 1 aliphatic heterocycles. The van der Waals surface area contributed by atoms with Gasteiger partial charge in [0.1, 0.15) is 5.69 Å². The minimum Gasteiger partial charge on any atom is -0.494 e. The lowest BCUT2D eigenvalue weighted by atomic mass is 9.98. The highest BCUT2D eigenvalue weighted by Gasteiger charge is 2.30. The van der Waals surface area contributed by atoms with Crippen molar-refractivity contribution in [3.63, 3.8) is 0 Å². The molecule has 0 bridgehead atoms. The maximum absolute atomic E-state index is 13.9. The molecule has 2 amide bonds. The van der Waals surface area contributed by atoms with E-state index in [1.54, 1.807) is 11.0 Å². The van der Waals surface area contributed by atoms with Crippen molar-refractivity contribution in [1.29, 1.82) is 0 Å². The number of aromatic amines is 1. The van der Waals surface area contributed by atoms with E-state index in [0.717, 1.165) is 19.3 Å². The first-order valence-electron chi connectivity index (χ1n) is 8.01. The molecule has 8 heteroatoms. The molecule has 7 nitrogen and oxygen atoms in total. The van der Waals surface area contributed by atoms with Crippen molar-refractivity contribution in [1.82, 2.24) is 15.1 Å². The molecule has 132 valence electrons. The second-order valence-electron chi connectivity index (χ2n) is 5.93. The number of rotatable bonds is 4. The van der Waals surface area contributed by atoms with Gasteiger partial charge in [0.25, 0.3) is 11.8 Å². The third kappa shape index (κ3) is 3.33. The van der Waals surface area contributed by atoms with Gasteiger partial charge in [0.15, 0.2) is 11.6 Å². The number of methoxy groups -OCH3 is 1. The number of piperidine rings is 1. The van der Waals surface area contributed by atoms with Crippen LogP contribution in [0.4, 0.5) is 4.39 Å². The van der Waals surface area contributed by atoms with Gasteiger partial charge in [-0.15, -0.1) is 0 Å². The first-order chi connectivity index (χ1) is 12.0. The maximum Gasteiger partial charge on any atom is 0.269 e. The summed E-state index contributed by atoms with van der Waals surface area (Å²) in [5.74, 6) is -1.40. The highest BCUT2D eigenvalue weighted by Crippen LogP contribution is 2.32. The largest absolute Gasteiger partial charge is 0.494 e. The van der Waals surface area contributed by atoms with E-state index in [0.29, 0.717) is 12.2 Å². The van der Waals surface area contributed by atoms with Gasteiger partial charge in [-0.25, -0.2) is 4.39 Å². The Balaban J connectivity index is 1.88. The molecule has 1 saturated heterocycles. The number of ether oxygens (including phenoxy) is 1. The van der Waals surface area contributed by atoms with Crippen molar-refractivity contribution in [3.8, 4) is 5.75 Å². The van der Waals surface area contributed by atoms with Crippen LogP contribution in [0.2, 0.25) is 0 Å². The number of aromatic nitrogens is 2. The van der Waals surface area contributed by atoms with Crippen molar-refractivity contribution in [2.75, 3.05) is 13.7 Å². The van der Waals surface area contributed by atoms with Gasteiger partial charge in [0.2, 0.25) is 0 Å². The van der Waals surface area contributed by atoms with Crippen LogP contribution in [0.15, 0.2) is 24.3 Å². The lowest BCUT2D eigenvalue weighted by molar-refractivity contribution is 0.0605. The molecule has 0 saturated carbocycles. The summed E-state index contributed by atoms with van der Waals surface area (Å²) in [6.07, 6.45) is 2.53. The molecule has 3 rings (SSSR count). The number of carbonyl (C=O) groups excluding carboxylic acids is 2. The Hall–Kier alpha value is -2.90. The van der Waals surface area contributed by atoms with Crippen LogP contribution in [-0.4, -0.2) is 40.6 Å². The van der Waals surface area contributed by atoms with Crippen molar-refractivity contribution in [2.45, 2.75) is 25.3 Å². The SMILES string of the molecule is COc1ccc(C(=O)N2CCCCC2c2cc(C(N)=O)n[nH]2)cc1F. The molecule has 3 N–H and O–H groups in total. The number of hydrogen-bond donors (Lipinski definition) is 2. The van der Waals surface area contributed by atoms with Crippen LogP contribution < -0.4 is 10.5 Å². The fourth-order valence-electron chi connectivity index (χ4n) is 3.10. The first-order valence-corrected chi connectivity index (χ1v) is 8.01. The Morgan fingerprint density at radius 2 is 2.16 bits per heavy atom. The van der Waals surface area contributed by atoms with Crippen molar-refractivity contribution >= 4 is 11.8 Å². The van der Waals surface area contributed by atoms with E-state index < -0.39 is 11.7 Å². The van der Waals surface area contributed by atoms with Crippen LogP contribution in [0.3, 0.4) is 0 Å². The number of carbonyl (C=O) groups is 2. The molecule has 2 heterocycles. The first kappa shape index (κ1) is 16.9. The molecule has 0 spiro atoms. The molecule has 1 atom stereocenters. The molecule has 2 aromatic rings. The molecule has 0 radical (unpaired) electrons. The summed E-state index contributed by atoms with van der Waals surface area (Å²) in [6, 6.07) is 5.45. The second kappa shape index (κ2) is 6.92. The zero-order valence-corrected chi connectivity index (χ0v) is 13.8. The van der Waals surface area contributed by atoms with Crippen LogP contribution in [0.1, 0.15) is 51.8 Å². The average Bonchev–Trinajstić information content (AvgIpc) is 3.11. The third-order valence-corrected chi connectivity index (χ3v) is 4.37. The minimum absolute atomic E-state index is 0.0893. The van der Waals surface area contributed by atoms with Gasteiger partial charge in [-0.1, -0.05) is 0 Å². The standard InChI is InChI=1S/C17H19FN4O3/c1-25-15-6-5-10(8-11(15)18)17(24)22-7-3-2-4-14(22)12-9-13(16(19)23)21-20-12/h5-6,8-9,14H,2-4,7H2,1H3,(H2,19,23)(H,20,21). The Labute approximate surface area is 144 Å². The summed E-state index contributed by atoms with van der Waals surface area (Å²) in [6.45, 7) is 0.544. The van der Waals surface area contributed by atoms with Crippen LogP contribution in [0, 0.1) is 5.82 Å². The van der Waals surface area contributed by atoms with E-state index in [2.05, 4.69) is 10.2 Å². The summed E-state index contributed by atoms with van der Waals surface area (Å²) in [4.78, 5) is 25.8. The van der Waals surface area contributed by atoms with E-state index >= 15 is 0 Å². The second-order valence-corrected chi connectivity index (χ2v) is 5.93. The van der Waals surface area contributed by atoms with Gasteiger partial charge in [-0.2, -0.15) is 5.10 Å². The lowest BCUT2D eigenvalue weighted by Gasteiger charge is -2.35. The number of benzene rings is 1. The number of nitrogens with zero attached hydrogens (tertiary/aromatic N) is 2. The van der Waals surface area contributed by atoms with Crippen LogP contribution in [0.5, 0.6) is 5.75 Å². The molecule has 1 aromatic carbocycles. The van der Waals surface area contributed by atoms with Crippen molar-refractivity contribution < 1.29 is 18.7 Å². The fraction of sp³-hybridized carbons (Fsp3) is 0.353. The van der Waals surface area contributed by atoms with Crippen molar-refractivity contribution in [3.05, 3.63) is 47.0 Å². The van der Waals surface area contributed by atoms with Crippen molar-refractivity contribution in [2.24, 2.45) is 5.73 Å². The minimum atomic E-state index is -0.631. The number of amides is 2. The Morgan fingerprint density at radius 1 is 1.36 bits per heavy atom. The molecule has 1 unspecified atom stereocenters. The van der Waals surface area contributed by atoms with E-state index in [1.807, 2.05) is 0 Å².